The summed E-state index contributed by atoms with van der Waals surface area (Å²) in [6.45, 7) is 21.9. The molecule has 0 fully saturated rings. The van der Waals surface area contributed by atoms with Gasteiger partial charge in [-0.25, -0.2) is 0 Å². The van der Waals surface area contributed by atoms with E-state index in [9.17, 15) is 0 Å². The van der Waals surface area contributed by atoms with Gasteiger partial charge in [-0.2, -0.15) is 0 Å². The quantitative estimate of drug-likeness (QED) is 0.172. The van der Waals surface area contributed by atoms with Crippen molar-refractivity contribution >= 4 is 11.1 Å². The highest BCUT2D eigenvalue weighted by atomic mass is 14.5. The largest absolute Gasteiger partial charge is 0.0905 e. The Morgan fingerprint density at radius 2 is 1.35 bits per heavy atom. The van der Waals surface area contributed by atoms with Crippen molar-refractivity contribution in [3.05, 3.63) is 176 Å². The molecule has 0 aliphatic heterocycles. The fraction of sp³-hybridized carbons (Fsp3) is 0.269. The van der Waals surface area contributed by atoms with Crippen LogP contribution in [0.4, 0.5) is 0 Å². The summed E-state index contributed by atoms with van der Waals surface area (Å²) in [5, 5.41) is 0. The molecule has 0 aromatic heterocycles. The van der Waals surface area contributed by atoms with Gasteiger partial charge in [-0.15, -0.1) is 0 Å². The van der Waals surface area contributed by atoms with Crippen LogP contribution in [-0.2, 0) is 10.8 Å². The molecular weight excluding hydrogens is 625 g/mol. The number of allylic oxidation sites excluding steroid dienone is 6. The number of rotatable bonds is 2. The Morgan fingerprint density at radius 3 is 2.13 bits per heavy atom. The highest BCUT2D eigenvalue weighted by Gasteiger charge is 2.46. The third kappa shape index (κ3) is 3.50. The van der Waals surface area contributed by atoms with E-state index >= 15 is 0 Å². The Labute approximate surface area is 309 Å². The number of fused-ring (bicyclic) bond motifs is 11. The molecule has 0 bridgehead atoms. The van der Waals surface area contributed by atoms with Crippen LogP contribution >= 0.6 is 0 Å². The molecule has 6 aliphatic rings. The summed E-state index contributed by atoms with van der Waals surface area (Å²) in [6, 6.07) is 32.9. The van der Waals surface area contributed by atoms with Gasteiger partial charge in [-0.3, -0.25) is 0 Å². The molecule has 0 amide bonds. The Bertz CT molecular complexity index is 2620. The molecule has 11 rings (SSSR count). The highest BCUT2D eigenvalue weighted by molar-refractivity contribution is 6.05. The first-order valence-electron chi connectivity index (χ1n) is 19.6. The summed E-state index contributed by atoms with van der Waals surface area (Å²) in [5.74, 6) is 1.22. The van der Waals surface area contributed by atoms with E-state index in [2.05, 4.69) is 152 Å². The van der Waals surface area contributed by atoms with Gasteiger partial charge in [0.1, 0.15) is 0 Å². The summed E-state index contributed by atoms with van der Waals surface area (Å²) in [5.41, 5.74) is 30.2. The van der Waals surface area contributed by atoms with Crippen LogP contribution in [-0.4, -0.2) is 0 Å². The van der Waals surface area contributed by atoms with Crippen molar-refractivity contribution in [1.29, 1.82) is 0 Å². The molecule has 3 unspecified atom stereocenters. The maximum atomic E-state index is 4.69. The minimum atomic E-state index is -0.143. The van der Waals surface area contributed by atoms with E-state index in [1.165, 1.54) is 111 Å². The minimum Gasteiger partial charge on any atom is -0.0905 e. The van der Waals surface area contributed by atoms with Gasteiger partial charge in [0.05, 0.1) is 0 Å². The van der Waals surface area contributed by atoms with Gasteiger partial charge in [0.2, 0.25) is 0 Å². The van der Waals surface area contributed by atoms with E-state index in [0.717, 1.165) is 12.8 Å². The van der Waals surface area contributed by atoms with E-state index in [-0.39, 0.29) is 10.8 Å². The van der Waals surface area contributed by atoms with Crippen molar-refractivity contribution < 1.29 is 0 Å². The second kappa shape index (κ2) is 9.93. The van der Waals surface area contributed by atoms with Crippen LogP contribution in [0.1, 0.15) is 135 Å². The molecule has 0 heterocycles. The maximum absolute atomic E-state index is 4.69. The van der Waals surface area contributed by atoms with Gasteiger partial charge in [0.15, 0.2) is 0 Å². The second-order valence-electron chi connectivity index (χ2n) is 17.5. The Hall–Kier alpha value is -4.94. The summed E-state index contributed by atoms with van der Waals surface area (Å²) >= 11 is 0. The van der Waals surface area contributed by atoms with Gasteiger partial charge in [-0.05, 0) is 137 Å². The van der Waals surface area contributed by atoms with Crippen molar-refractivity contribution in [2.75, 3.05) is 0 Å². The van der Waals surface area contributed by atoms with Crippen LogP contribution in [0, 0.1) is 0 Å². The van der Waals surface area contributed by atoms with Crippen LogP contribution < -0.4 is 0 Å². The molecule has 0 radical (unpaired) electrons. The van der Waals surface area contributed by atoms with Crippen LogP contribution in [0.15, 0.2) is 120 Å². The predicted molar refractivity (Wildman–Crippen MR) is 219 cm³/mol. The second-order valence-corrected chi connectivity index (χ2v) is 17.5. The Kier molecular flexibility index (Phi) is 5.85. The van der Waals surface area contributed by atoms with Gasteiger partial charge in [0.25, 0.3) is 0 Å². The zero-order valence-corrected chi connectivity index (χ0v) is 31.6. The standard InChI is InChI=1S/C52H46/c1-9-30-42-25-46-45(26-43(42)40-23-20-36-33-15-11-10-14-31(33)28(3)47(36)48(30)40)51(5,6)29(4)44(52(46,7)8)24-41-27(2)32-18-19-37-34-16-12-13-17-35(34)38-21-22-39(41)49(32)50(37)38/h10-20,22-27,30,38H,3,9,21H2,1-2,4-8H3. The monoisotopic (exact) mass is 670 g/mol. The van der Waals surface area contributed by atoms with Crippen molar-refractivity contribution in [2.24, 2.45) is 0 Å². The highest BCUT2D eigenvalue weighted by Crippen LogP contribution is 2.62. The first-order chi connectivity index (χ1) is 25.0. The summed E-state index contributed by atoms with van der Waals surface area (Å²) in [7, 11) is 0. The summed E-state index contributed by atoms with van der Waals surface area (Å²) in [4.78, 5) is 0. The first-order valence-corrected chi connectivity index (χ1v) is 19.6. The molecule has 5 aromatic rings. The number of hydrogen-bond acceptors (Lipinski definition) is 0. The van der Waals surface area contributed by atoms with E-state index in [1.54, 1.807) is 5.56 Å². The van der Waals surface area contributed by atoms with Crippen molar-refractivity contribution in [3.8, 4) is 33.4 Å². The molecule has 5 aromatic carbocycles. The lowest BCUT2D eigenvalue weighted by atomic mass is 9.59. The molecule has 0 nitrogen and oxygen atoms in total. The lowest BCUT2D eigenvalue weighted by Crippen LogP contribution is -2.36. The molecule has 0 heteroatoms. The fourth-order valence-corrected chi connectivity index (χ4v) is 11.8. The van der Waals surface area contributed by atoms with E-state index < -0.39 is 0 Å². The lowest BCUT2D eigenvalue weighted by Gasteiger charge is -2.45. The number of hydrogen-bond donors (Lipinski definition) is 0. The Balaban J connectivity index is 1.06. The molecule has 3 atom stereocenters. The third-order valence-electron chi connectivity index (χ3n) is 14.7. The zero-order valence-electron chi connectivity index (χ0n) is 31.6. The summed E-state index contributed by atoms with van der Waals surface area (Å²) in [6.07, 6.45) is 7.40. The first kappa shape index (κ1) is 30.7. The average molecular weight is 671 g/mol. The molecular formula is C52H46. The SMILES string of the molecule is C=C1c2ccccc2-c2ccc3c(c21)C(CC)c1cc2c(cc1-3)C(C)(C)C(C)=C(C=C1C3=CCC4c5ccccc5-c5ccc(c3c54)C1C)C2(C)C. The van der Waals surface area contributed by atoms with Crippen molar-refractivity contribution in [1.82, 2.24) is 0 Å². The predicted octanol–water partition coefficient (Wildman–Crippen LogP) is 13.8. The van der Waals surface area contributed by atoms with E-state index in [0.29, 0.717) is 17.8 Å². The normalized spacial score (nSPS) is 23.5. The topological polar surface area (TPSA) is 0 Å². The van der Waals surface area contributed by atoms with Crippen LogP contribution in [0.2, 0.25) is 0 Å². The molecule has 0 saturated heterocycles. The van der Waals surface area contributed by atoms with Crippen molar-refractivity contribution in [2.45, 2.75) is 89.9 Å². The molecule has 0 spiro atoms. The molecule has 6 aliphatic carbocycles. The van der Waals surface area contributed by atoms with Gasteiger partial charge in [-0.1, -0.05) is 145 Å². The third-order valence-corrected chi connectivity index (χ3v) is 14.7. The van der Waals surface area contributed by atoms with E-state index in [4.69, 9.17) is 0 Å². The molecule has 0 N–H and O–H groups in total. The summed E-state index contributed by atoms with van der Waals surface area (Å²) < 4.78 is 0. The van der Waals surface area contributed by atoms with Crippen LogP contribution in [0.3, 0.4) is 0 Å². The average Bonchev–Trinajstić information content (AvgIpc) is 3.83. The number of benzene rings is 5. The van der Waals surface area contributed by atoms with Gasteiger partial charge >= 0.3 is 0 Å². The zero-order chi connectivity index (χ0) is 35.6. The molecule has 52 heavy (non-hydrogen) atoms. The van der Waals surface area contributed by atoms with Crippen LogP contribution in [0.25, 0.3) is 44.5 Å². The van der Waals surface area contributed by atoms with E-state index in [1.807, 2.05) is 0 Å². The van der Waals surface area contributed by atoms with Gasteiger partial charge in [0, 0.05) is 28.6 Å². The lowest BCUT2D eigenvalue weighted by molar-refractivity contribution is 0.512. The van der Waals surface area contributed by atoms with Gasteiger partial charge < -0.3 is 0 Å². The smallest absolute Gasteiger partial charge is 0.0149 e. The molecule has 0 saturated carbocycles. The Morgan fingerprint density at radius 1 is 0.673 bits per heavy atom. The maximum Gasteiger partial charge on any atom is 0.0149 e. The molecule has 254 valence electrons. The minimum absolute atomic E-state index is 0.100. The van der Waals surface area contributed by atoms with Crippen molar-refractivity contribution in [3.63, 3.8) is 0 Å². The van der Waals surface area contributed by atoms with Crippen LogP contribution in [0.5, 0.6) is 0 Å². The fourth-order valence-electron chi connectivity index (χ4n) is 11.8.